The highest BCUT2D eigenvalue weighted by molar-refractivity contribution is 7.89. The van der Waals surface area contributed by atoms with Crippen LogP contribution in [-0.2, 0) is 29.1 Å². The second-order valence-electron chi connectivity index (χ2n) is 7.46. The van der Waals surface area contributed by atoms with Gasteiger partial charge in [0, 0.05) is 39.6 Å². The van der Waals surface area contributed by atoms with Gasteiger partial charge < -0.3 is 14.5 Å². The fraction of sp³-hybridized carbons (Fsp3) is 0.550. The number of piperazine rings is 1. The lowest BCUT2D eigenvalue weighted by atomic mass is 10.2. The summed E-state index contributed by atoms with van der Waals surface area (Å²) in [5, 5.41) is 0. The number of nitrogens with zero attached hydrogens (tertiary/aromatic N) is 3. The predicted octanol–water partition coefficient (Wildman–Crippen LogP) is 0.116. The summed E-state index contributed by atoms with van der Waals surface area (Å²) < 4.78 is 32.0. The molecule has 2 heterocycles. The van der Waals surface area contributed by atoms with Crippen molar-refractivity contribution >= 4 is 27.6 Å². The van der Waals surface area contributed by atoms with Crippen LogP contribution < -0.4 is 0 Å². The van der Waals surface area contributed by atoms with Gasteiger partial charge in [0.05, 0.1) is 17.5 Å². The zero-order valence-corrected chi connectivity index (χ0v) is 17.8. The summed E-state index contributed by atoms with van der Waals surface area (Å²) in [7, 11) is -3.61. The van der Waals surface area contributed by atoms with Gasteiger partial charge in [0.1, 0.15) is 6.61 Å². The average Bonchev–Trinajstić information content (AvgIpc) is 3.23. The Morgan fingerprint density at radius 1 is 1.03 bits per heavy atom. The predicted molar refractivity (Wildman–Crippen MR) is 108 cm³/mol. The summed E-state index contributed by atoms with van der Waals surface area (Å²) in [5.41, 5.74) is 0. The minimum atomic E-state index is -3.61. The van der Waals surface area contributed by atoms with E-state index in [0.29, 0.717) is 6.54 Å². The third-order valence-electron chi connectivity index (χ3n) is 5.47. The van der Waals surface area contributed by atoms with Gasteiger partial charge in [-0.15, -0.1) is 0 Å². The molecule has 2 saturated heterocycles. The van der Waals surface area contributed by atoms with E-state index in [4.69, 9.17) is 4.74 Å². The number of ketones is 1. The van der Waals surface area contributed by atoms with Crippen LogP contribution >= 0.6 is 0 Å². The van der Waals surface area contributed by atoms with E-state index >= 15 is 0 Å². The summed E-state index contributed by atoms with van der Waals surface area (Å²) in [5.74, 6) is -1.35. The van der Waals surface area contributed by atoms with Crippen LogP contribution in [0.15, 0.2) is 35.2 Å². The van der Waals surface area contributed by atoms with Gasteiger partial charge in [-0.1, -0.05) is 18.2 Å². The summed E-state index contributed by atoms with van der Waals surface area (Å²) in [4.78, 5) is 39.4. The van der Waals surface area contributed by atoms with Crippen molar-refractivity contribution in [2.45, 2.75) is 30.7 Å². The lowest BCUT2D eigenvalue weighted by molar-refractivity contribution is -0.148. The molecule has 30 heavy (non-hydrogen) atoms. The standard InChI is InChI=1S/C20H27N3O6S/c1-16(24)23-9-5-6-17(23)14-29-15-19(25)20(26)21-10-12-22(13-11-21)30(27,28)18-7-3-2-4-8-18/h2-4,7-8,17H,5-6,9-15H2,1H3. The molecule has 2 fully saturated rings. The fourth-order valence-corrected chi connectivity index (χ4v) is 5.27. The second-order valence-corrected chi connectivity index (χ2v) is 9.39. The van der Waals surface area contributed by atoms with Crippen molar-refractivity contribution in [3.05, 3.63) is 30.3 Å². The maximum absolute atomic E-state index is 12.6. The molecule has 9 nitrogen and oxygen atoms in total. The molecule has 1 unspecified atom stereocenters. The van der Waals surface area contributed by atoms with E-state index < -0.39 is 21.7 Å². The number of hydrogen-bond acceptors (Lipinski definition) is 6. The van der Waals surface area contributed by atoms with Gasteiger partial charge in [0.15, 0.2) is 0 Å². The molecule has 1 aromatic rings. The van der Waals surface area contributed by atoms with Crippen LogP contribution in [0, 0.1) is 0 Å². The average molecular weight is 438 g/mol. The number of benzene rings is 1. The minimum absolute atomic E-state index is 0.0215. The first-order valence-corrected chi connectivity index (χ1v) is 11.5. The van der Waals surface area contributed by atoms with Crippen molar-refractivity contribution in [1.29, 1.82) is 0 Å². The number of likely N-dealkylation sites (tertiary alicyclic amines) is 1. The highest BCUT2D eigenvalue weighted by Crippen LogP contribution is 2.18. The number of amides is 2. The first kappa shape index (κ1) is 22.4. The highest BCUT2D eigenvalue weighted by Gasteiger charge is 2.32. The van der Waals surface area contributed by atoms with Crippen molar-refractivity contribution in [2.24, 2.45) is 0 Å². The number of sulfonamides is 1. The summed E-state index contributed by atoms with van der Waals surface area (Å²) in [6.07, 6.45) is 1.72. The molecule has 0 spiro atoms. The number of carbonyl (C=O) groups is 3. The van der Waals surface area contributed by atoms with Crippen LogP contribution in [0.3, 0.4) is 0 Å². The summed E-state index contributed by atoms with van der Waals surface area (Å²) in [6, 6.07) is 8.07. The van der Waals surface area contributed by atoms with Crippen molar-refractivity contribution in [3.8, 4) is 0 Å². The van der Waals surface area contributed by atoms with Crippen LogP contribution in [0.4, 0.5) is 0 Å². The Morgan fingerprint density at radius 3 is 2.33 bits per heavy atom. The van der Waals surface area contributed by atoms with Gasteiger partial charge in [0.25, 0.3) is 5.91 Å². The Bertz CT molecular complexity index is 881. The van der Waals surface area contributed by atoms with E-state index in [9.17, 15) is 22.8 Å². The molecule has 0 radical (unpaired) electrons. The number of ether oxygens (including phenoxy) is 1. The zero-order valence-electron chi connectivity index (χ0n) is 17.0. The molecular formula is C20H27N3O6S. The van der Waals surface area contributed by atoms with E-state index in [1.54, 1.807) is 23.1 Å². The van der Waals surface area contributed by atoms with Gasteiger partial charge in [-0.2, -0.15) is 4.31 Å². The molecule has 1 aromatic carbocycles. The van der Waals surface area contributed by atoms with Crippen LogP contribution in [0.2, 0.25) is 0 Å². The largest absolute Gasteiger partial charge is 0.371 e. The summed E-state index contributed by atoms with van der Waals surface area (Å²) >= 11 is 0. The molecule has 2 aliphatic heterocycles. The van der Waals surface area contributed by atoms with Crippen LogP contribution in [0.1, 0.15) is 19.8 Å². The number of hydrogen-bond donors (Lipinski definition) is 0. The van der Waals surface area contributed by atoms with E-state index in [-0.39, 0.29) is 56.2 Å². The first-order valence-electron chi connectivity index (χ1n) is 10.0. The zero-order chi connectivity index (χ0) is 21.7. The normalized spacial score (nSPS) is 20.4. The minimum Gasteiger partial charge on any atom is -0.371 e. The number of rotatable bonds is 7. The van der Waals surface area contributed by atoms with Gasteiger partial charge in [-0.3, -0.25) is 14.4 Å². The first-order chi connectivity index (χ1) is 14.3. The topological polar surface area (TPSA) is 104 Å². The molecule has 3 rings (SSSR count). The Hall–Kier alpha value is -2.30. The SMILES string of the molecule is CC(=O)N1CCCC1COCC(=O)C(=O)N1CCN(S(=O)(=O)c2ccccc2)CC1. The van der Waals surface area contributed by atoms with Crippen molar-refractivity contribution in [3.63, 3.8) is 0 Å². The molecular weight excluding hydrogens is 410 g/mol. The Balaban J connectivity index is 1.45. The molecule has 0 bridgehead atoms. The van der Waals surface area contributed by atoms with Crippen molar-refractivity contribution in [1.82, 2.24) is 14.1 Å². The van der Waals surface area contributed by atoms with Gasteiger partial charge >= 0.3 is 0 Å². The second kappa shape index (κ2) is 9.67. The third-order valence-corrected chi connectivity index (χ3v) is 7.38. The molecule has 0 saturated carbocycles. The molecule has 10 heteroatoms. The maximum atomic E-state index is 12.6. The van der Waals surface area contributed by atoms with Crippen molar-refractivity contribution < 1.29 is 27.5 Å². The van der Waals surface area contributed by atoms with Gasteiger partial charge in [0.2, 0.25) is 21.7 Å². The molecule has 2 amide bonds. The monoisotopic (exact) mass is 437 g/mol. The molecule has 0 aliphatic carbocycles. The van der Waals surface area contributed by atoms with E-state index in [2.05, 4.69) is 0 Å². The van der Waals surface area contributed by atoms with Crippen LogP contribution in [0.5, 0.6) is 0 Å². The lowest BCUT2D eigenvalue weighted by Gasteiger charge is -2.33. The summed E-state index contributed by atoms with van der Waals surface area (Å²) in [6.45, 7) is 2.64. The highest BCUT2D eigenvalue weighted by atomic mass is 32.2. The van der Waals surface area contributed by atoms with E-state index in [1.165, 1.54) is 28.3 Å². The molecule has 0 N–H and O–H groups in total. The smallest absolute Gasteiger partial charge is 0.292 e. The Kier molecular flexibility index (Phi) is 7.22. The van der Waals surface area contributed by atoms with E-state index in [0.717, 1.165) is 12.8 Å². The van der Waals surface area contributed by atoms with E-state index in [1.807, 2.05) is 0 Å². The lowest BCUT2D eigenvalue weighted by Crippen LogP contribution is -2.52. The molecule has 164 valence electrons. The van der Waals surface area contributed by atoms with Crippen molar-refractivity contribution in [2.75, 3.05) is 45.9 Å². The van der Waals surface area contributed by atoms with Gasteiger partial charge in [-0.05, 0) is 25.0 Å². The van der Waals surface area contributed by atoms with Gasteiger partial charge in [-0.25, -0.2) is 8.42 Å². The molecule has 0 aromatic heterocycles. The number of Topliss-reactive ketones (excluding diaryl/α,β-unsaturated/α-hetero) is 1. The molecule has 1 atom stereocenters. The van der Waals surface area contributed by atoms with Crippen LogP contribution in [0.25, 0.3) is 0 Å². The molecule has 2 aliphatic rings. The third kappa shape index (κ3) is 5.05. The van der Waals surface area contributed by atoms with Crippen LogP contribution in [-0.4, -0.2) is 92.1 Å². The quantitative estimate of drug-likeness (QED) is 0.561. The fourth-order valence-electron chi connectivity index (χ4n) is 3.82. The maximum Gasteiger partial charge on any atom is 0.292 e. The number of carbonyl (C=O) groups excluding carboxylic acids is 3. The Labute approximate surface area is 176 Å². The Morgan fingerprint density at radius 2 is 1.70 bits per heavy atom.